The smallest absolute Gasteiger partial charge is 0.316 e. The molecule has 0 aliphatic heterocycles. The highest BCUT2D eigenvalue weighted by atomic mass is 19.1. The predicted octanol–water partition coefficient (Wildman–Crippen LogP) is 2.10. The molecule has 108 valence electrons. The van der Waals surface area contributed by atoms with E-state index in [2.05, 4.69) is 5.32 Å². The van der Waals surface area contributed by atoms with Gasteiger partial charge in [0.05, 0.1) is 0 Å². The molecule has 2 aromatic carbocycles. The van der Waals surface area contributed by atoms with Crippen LogP contribution in [0, 0.1) is 5.82 Å². The molecule has 0 spiro atoms. The van der Waals surface area contributed by atoms with Crippen molar-refractivity contribution in [2.45, 2.75) is 6.54 Å². The van der Waals surface area contributed by atoms with Crippen molar-refractivity contribution in [3.05, 3.63) is 66.0 Å². The van der Waals surface area contributed by atoms with Crippen LogP contribution in [0.4, 0.5) is 10.1 Å². The minimum Gasteiger partial charge on any atom is -0.344 e. The quantitative estimate of drug-likeness (QED) is 0.879. The number of para-hydroxylation sites is 1. The number of nitrogens with one attached hydrogen (secondary N) is 1. The Kier molecular flexibility index (Phi) is 4.66. The maximum atomic E-state index is 13.4. The molecule has 5 heteroatoms. The van der Waals surface area contributed by atoms with Gasteiger partial charge in [0.1, 0.15) is 5.82 Å². The molecule has 2 rings (SSSR count). The van der Waals surface area contributed by atoms with Crippen LogP contribution in [0.25, 0.3) is 0 Å². The fourth-order valence-electron chi connectivity index (χ4n) is 1.81. The summed E-state index contributed by atoms with van der Waals surface area (Å²) in [4.78, 5) is 25.0. The number of halogens is 1. The number of nitrogens with zero attached hydrogens (tertiary/aromatic N) is 1. The SMILES string of the molecule is CN(C(=O)C(=O)NCc1ccccc1F)c1ccccc1. The van der Waals surface area contributed by atoms with E-state index < -0.39 is 17.6 Å². The Labute approximate surface area is 122 Å². The van der Waals surface area contributed by atoms with Crippen LogP contribution in [0.5, 0.6) is 0 Å². The Bertz CT molecular complexity index is 644. The molecule has 21 heavy (non-hydrogen) atoms. The lowest BCUT2D eigenvalue weighted by molar-refractivity contribution is -0.137. The zero-order valence-electron chi connectivity index (χ0n) is 11.5. The van der Waals surface area contributed by atoms with Crippen molar-refractivity contribution in [2.75, 3.05) is 11.9 Å². The second-order valence-corrected chi connectivity index (χ2v) is 4.47. The van der Waals surface area contributed by atoms with Gasteiger partial charge in [0.25, 0.3) is 0 Å². The van der Waals surface area contributed by atoms with Gasteiger partial charge in [-0.05, 0) is 18.2 Å². The van der Waals surface area contributed by atoms with Crippen molar-refractivity contribution >= 4 is 17.5 Å². The number of hydrogen-bond donors (Lipinski definition) is 1. The third kappa shape index (κ3) is 3.66. The van der Waals surface area contributed by atoms with Gasteiger partial charge < -0.3 is 10.2 Å². The Morgan fingerprint density at radius 2 is 1.67 bits per heavy atom. The van der Waals surface area contributed by atoms with Gasteiger partial charge in [-0.1, -0.05) is 36.4 Å². The van der Waals surface area contributed by atoms with E-state index in [4.69, 9.17) is 0 Å². The first-order chi connectivity index (χ1) is 10.1. The number of benzene rings is 2. The standard InChI is InChI=1S/C16H15FN2O2/c1-19(13-8-3-2-4-9-13)16(21)15(20)18-11-12-7-5-6-10-14(12)17/h2-10H,11H2,1H3,(H,18,20). The van der Waals surface area contributed by atoms with Gasteiger partial charge >= 0.3 is 11.8 Å². The zero-order chi connectivity index (χ0) is 15.2. The predicted molar refractivity (Wildman–Crippen MR) is 78.1 cm³/mol. The molecule has 0 saturated heterocycles. The fraction of sp³-hybridized carbons (Fsp3) is 0.125. The molecule has 0 fully saturated rings. The van der Waals surface area contributed by atoms with Gasteiger partial charge in [0.2, 0.25) is 0 Å². The number of rotatable bonds is 3. The summed E-state index contributed by atoms with van der Waals surface area (Å²) >= 11 is 0. The van der Waals surface area contributed by atoms with Crippen molar-refractivity contribution in [2.24, 2.45) is 0 Å². The van der Waals surface area contributed by atoms with Gasteiger partial charge in [-0.2, -0.15) is 0 Å². The van der Waals surface area contributed by atoms with Gasteiger partial charge in [-0.15, -0.1) is 0 Å². The lowest BCUT2D eigenvalue weighted by atomic mass is 10.2. The highest BCUT2D eigenvalue weighted by molar-refractivity contribution is 6.40. The molecule has 0 saturated carbocycles. The molecule has 2 aromatic rings. The van der Waals surface area contributed by atoms with E-state index in [1.54, 1.807) is 42.5 Å². The van der Waals surface area contributed by atoms with Crippen LogP contribution in [0.15, 0.2) is 54.6 Å². The molecule has 0 aromatic heterocycles. The van der Waals surface area contributed by atoms with Crippen LogP contribution in [-0.4, -0.2) is 18.9 Å². The molecule has 1 N–H and O–H groups in total. The molecule has 0 aliphatic rings. The van der Waals surface area contributed by atoms with E-state index >= 15 is 0 Å². The summed E-state index contributed by atoms with van der Waals surface area (Å²) in [6.07, 6.45) is 0. The Morgan fingerprint density at radius 3 is 2.33 bits per heavy atom. The summed E-state index contributed by atoms with van der Waals surface area (Å²) < 4.78 is 13.4. The molecule has 0 radical (unpaired) electrons. The maximum Gasteiger partial charge on any atom is 0.316 e. The molecular formula is C16H15FN2O2. The molecule has 2 amide bonds. The summed E-state index contributed by atoms with van der Waals surface area (Å²) in [5, 5.41) is 2.42. The molecule has 4 nitrogen and oxygen atoms in total. The Balaban J connectivity index is 1.97. The van der Waals surface area contributed by atoms with E-state index in [1.165, 1.54) is 18.0 Å². The van der Waals surface area contributed by atoms with Gasteiger partial charge in [-0.25, -0.2) is 4.39 Å². The lowest BCUT2D eigenvalue weighted by Gasteiger charge is -2.16. The van der Waals surface area contributed by atoms with E-state index in [0.29, 0.717) is 11.3 Å². The van der Waals surface area contributed by atoms with Crippen molar-refractivity contribution in [3.63, 3.8) is 0 Å². The van der Waals surface area contributed by atoms with Crippen molar-refractivity contribution in [3.8, 4) is 0 Å². The minimum atomic E-state index is -0.774. The summed E-state index contributed by atoms with van der Waals surface area (Å²) in [6, 6.07) is 14.9. The first-order valence-electron chi connectivity index (χ1n) is 6.44. The van der Waals surface area contributed by atoms with Gasteiger partial charge in [0, 0.05) is 24.8 Å². The highest BCUT2D eigenvalue weighted by Gasteiger charge is 2.19. The van der Waals surface area contributed by atoms with Gasteiger partial charge in [-0.3, -0.25) is 9.59 Å². The Morgan fingerprint density at radius 1 is 1.05 bits per heavy atom. The summed E-state index contributed by atoms with van der Waals surface area (Å²) in [6.45, 7) is -0.0279. The molecule has 0 aliphatic carbocycles. The van der Waals surface area contributed by atoms with E-state index in [-0.39, 0.29) is 6.54 Å². The first kappa shape index (κ1) is 14.7. The summed E-state index contributed by atoms with van der Waals surface area (Å²) in [5.74, 6) is -1.89. The number of anilines is 1. The first-order valence-corrected chi connectivity index (χ1v) is 6.44. The van der Waals surface area contributed by atoms with Crippen LogP contribution < -0.4 is 10.2 Å². The highest BCUT2D eigenvalue weighted by Crippen LogP contribution is 2.11. The average Bonchev–Trinajstić information content (AvgIpc) is 2.53. The van der Waals surface area contributed by atoms with E-state index in [1.807, 2.05) is 6.07 Å². The van der Waals surface area contributed by atoms with E-state index in [9.17, 15) is 14.0 Å². The van der Waals surface area contributed by atoms with Crippen LogP contribution in [-0.2, 0) is 16.1 Å². The molecule has 0 unspecified atom stereocenters. The number of carbonyl (C=O) groups is 2. The number of likely N-dealkylation sites (N-methyl/N-ethyl adjacent to an activating group) is 1. The number of amides is 2. The largest absolute Gasteiger partial charge is 0.344 e. The summed E-state index contributed by atoms with van der Waals surface area (Å²) in [7, 11) is 1.51. The topological polar surface area (TPSA) is 49.4 Å². The fourth-order valence-corrected chi connectivity index (χ4v) is 1.81. The minimum absolute atomic E-state index is 0.0279. The van der Waals surface area contributed by atoms with Crippen LogP contribution in [0.2, 0.25) is 0 Å². The van der Waals surface area contributed by atoms with E-state index in [0.717, 1.165) is 0 Å². The van der Waals surface area contributed by atoms with Gasteiger partial charge in [0.15, 0.2) is 0 Å². The second-order valence-electron chi connectivity index (χ2n) is 4.47. The van der Waals surface area contributed by atoms with Crippen LogP contribution in [0.3, 0.4) is 0 Å². The Hall–Kier alpha value is -2.69. The van der Waals surface area contributed by atoms with Crippen LogP contribution in [0.1, 0.15) is 5.56 Å². The number of carbonyl (C=O) groups excluding carboxylic acids is 2. The number of hydrogen-bond acceptors (Lipinski definition) is 2. The lowest BCUT2D eigenvalue weighted by Crippen LogP contribution is -2.40. The van der Waals surface area contributed by atoms with Crippen molar-refractivity contribution in [1.29, 1.82) is 0 Å². The van der Waals surface area contributed by atoms with Crippen LogP contribution >= 0.6 is 0 Å². The van der Waals surface area contributed by atoms with Crippen molar-refractivity contribution in [1.82, 2.24) is 5.32 Å². The normalized spacial score (nSPS) is 10.0. The molecule has 0 heterocycles. The monoisotopic (exact) mass is 286 g/mol. The molecular weight excluding hydrogens is 271 g/mol. The zero-order valence-corrected chi connectivity index (χ0v) is 11.5. The third-order valence-electron chi connectivity index (χ3n) is 3.04. The third-order valence-corrected chi connectivity index (χ3v) is 3.04. The maximum absolute atomic E-state index is 13.4. The summed E-state index contributed by atoms with van der Waals surface area (Å²) in [5.41, 5.74) is 0.949. The average molecular weight is 286 g/mol. The van der Waals surface area contributed by atoms with Crippen molar-refractivity contribution < 1.29 is 14.0 Å². The molecule has 0 bridgehead atoms. The second kappa shape index (κ2) is 6.65. The molecule has 0 atom stereocenters.